The molecule has 0 N–H and O–H groups in total. The van der Waals surface area contributed by atoms with E-state index in [1.54, 1.807) is 0 Å². The van der Waals surface area contributed by atoms with E-state index in [-0.39, 0.29) is 24.2 Å². The molecule has 25 heavy (non-hydrogen) atoms. The summed E-state index contributed by atoms with van der Waals surface area (Å²) in [6.45, 7) is 17.4. The van der Waals surface area contributed by atoms with Crippen molar-refractivity contribution in [3.8, 4) is 0 Å². The van der Waals surface area contributed by atoms with E-state index in [9.17, 15) is 14.4 Å². The fourth-order valence-electron chi connectivity index (χ4n) is 3.89. The molecule has 0 aromatic rings. The average molecular weight is 354 g/mol. The van der Waals surface area contributed by atoms with Crippen molar-refractivity contribution >= 4 is 17.8 Å². The summed E-state index contributed by atoms with van der Waals surface area (Å²) >= 11 is 0. The standard InChI is InChI=1S/C20H35NO4/c1-12(2)15(6)20(8,16(7)13(3)4)11-14(5)19(24)25-21-17(22)9-10-18(21)23/h12-16H,9-11H2,1-8H3. The topological polar surface area (TPSA) is 63.7 Å². The second-order valence-electron chi connectivity index (χ2n) is 8.67. The molecule has 2 amide bonds. The predicted molar refractivity (Wildman–Crippen MR) is 97.1 cm³/mol. The molecule has 1 saturated heterocycles. The Labute approximate surface area is 152 Å². The van der Waals surface area contributed by atoms with Crippen LogP contribution in [0.3, 0.4) is 0 Å². The number of hydrogen-bond donors (Lipinski definition) is 0. The molecular weight excluding hydrogens is 318 g/mol. The van der Waals surface area contributed by atoms with Crippen molar-refractivity contribution in [1.29, 1.82) is 0 Å². The van der Waals surface area contributed by atoms with Gasteiger partial charge in [-0.1, -0.05) is 55.4 Å². The number of hydroxylamine groups is 2. The monoisotopic (exact) mass is 353 g/mol. The van der Waals surface area contributed by atoms with Crippen LogP contribution in [0.15, 0.2) is 0 Å². The van der Waals surface area contributed by atoms with Gasteiger partial charge in [-0.15, -0.1) is 5.06 Å². The fraction of sp³-hybridized carbons (Fsp3) is 0.850. The zero-order chi connectivity index (χ0) is 19.5. The summed E-state index contributed by atoms with van der Waals surface area (Å²) in [6, 6.07) is 0. The van der Waals surface area contributed by atoms with Crippen LogP contribution in [0.4, 0.5) is 0 Å². The first-order valence-electron chi connectivity index (χ1n) is 9.49. The fourth-order valence-corrected chi connectivity index (χ4v) is 3.89. The minimum atomic E-state index is -0.498. The van der Waals surface area contributed by atoms with E-state index < -0.39 is 17.8 Å². The molecule has 0 saturated carbocycles. The normalized spacial score (nSPS) is 21.4. The highest BCUT2D eigenvalue weighted by molar-refractivity contribution is 6.01. The van der Waals surface area contributed by atoms with Crippen LogP contribution in [0.1, 0.15) is 74.7 Å². The molecule has 0 aliphatic carbocycles. The summed E-state index contributed by atoms with van der Waals surface area (Å²) in [4.78, 5) is 40.9. The van der Waals surface area contributed by atoms with Gasteiger partial charge < -0.3 is 4.84 Å². The second-order valence-corrected chi connectivity index (χ2v) is 8.67. The number of carbonyl (C=O) groups is 3. The van der Waals surface area contributed by atoms with Crippen LogP contribution in [0.2, 0.25) is 0 Å². The molecule has 3 unspecified atom stereocenters. The van der Waals surface area contributed by atoms with Crippen LogP contribution >= 0.6 is 0 Å². The Balaban J connectivity index is 2.90. The summed E-state index contributed by atoms with van der Waals surface area (Å²) in [5.41, 5.74) is -0.0419. The molecular formula is C20H35NO4. The third-order valence-electron chi connectivity index (χ3n) is 6.42. The van der Waals surface area contributed by atoms with Gasteiger partial charge in [0.15, 0.2) is 0 Å². The van der Waals surface area contributed by atoms with Crippen LogP contribution in [-0.2, 0) is 19.2 Å². The third kappa shape index (κ3) is 4.83. The largest absolute Gasteiger partial charge is 0.335 e. The molecule has 1 fully saturated rings. The molecule has 0 bridgehead atoms. The van der Waals surface area contributed by atoms with Crippen molar-refractivity contribution in [2.24, 2.45) is 35.0 Å². The lowest BCUT2D eigenvalue weighted by Gasteiger charge is -2.46. The van der Waals surface area contributed by atoms with Gasteiger partial charge in [0.1, 0.15) is 0 Å². The van der Waals surface area contributed by atoms with Crippen LogP contribution in [-0.4, -0.2) is 22.8 Å². The maximum Gasteiger partial charge on any atom is 0.335 e. The summed E-state index contributed by atoms with van der Waals surface area (Å²) in [6.07, 6.45) is 0.903. The van der Waals surface area contributed by atoms with E-state index in [2.05, 4.69) is 48.5 Å². The maximum absolute atomic E-state index is 12.5. The van der Waals surface area contributed by atoms with Gasteiger partial charge in [0, 0.05) is 12.8 Å². The highest BCUT2D eigenvalue weighted by Gasteiger charge is 2.42. The first kappa shape index (κ1) is 21.7. The number of nitrogens with zero attached hydrogens (tertiary/aromatic N) is 1. The van der Waals surface area contributed by atoms with E-state index in [1.807, 2.05) is 6.92 Å². The minimum absolute atomic E-state index is 0.0419. The van der Waals surface area contributed by atoms with Crippen LogP contribution in [0.5, 0.6) is 0 Å². The van der Waals surface area contributed by atoms with E-state index in [0.717, 1.165) is 0 Å². The van der Waals surface area contributed by atoms with E-state index >= 15 is 0 Å². The van der Waals surface area contributed by atoms with Crippen molar-refractivity contribution in [2.45, 2.75) is 74.7 Å². The Morgan fingerprint density at radius 2 is 1.36 bits per heavy atom. The maximum atomic E-state index is 12.5. The summed E-state index contributed by atoms with van der Waals surface area (Å²) in [5.74, 6) is 0.104. The zero-order valence-electron chi connectivity index (χ0n) is 17.1. The average Bonchev–Trinajstić information content (AvgIpc) is 2.84. The van der Waals surface area contributed by atoms with Gasteiger partial charge in [0.05, 0.1) is 5.92 Å². The Morgan fingerprint density at radius 3 is 1.72 bits per heavy atom. The lowest BCUT2D eigenvalue weighted by molar-refractivity contribution is -0.201. The number of amides is 2. The van der Waals surface area contributed by atoms with Gasteiger partial charge in [-0.2, -0.15) is 0 Å². The highest BCUT2D eigenvalue weighted by atomic mass is 16.7. The lowest BCUT2D eigenvalue weighted by Crippen LogP contribution is -2.41. The highest BCUT2D eigenvalue weighted by Crippen LogP contribution is 2.47. The van der Waals surface area contributed by atoms with Crippen molar-refractivity contribution in [2.75, 3.05) is 0 Å². The molecule has 0 spiro atoms. The Hall–Kier alpha value is -1.39. The van der Waals surface area contributed by atoms with Crippen LogP contribution in [0, 0.1) is 35.0 Å². The molecule has 1 rings (SSSR count). The van der Waals surface area contributed by atoms with E-state index in [1.165, 1.54) is 0 Å². The second kappa shape index (κ2) is 8.33. The first-order valence-corrected chi connectivity index (χ1v) is 9.49. The molecule has 0 radical (unpaired) electrons. The molecule has 5 heteroatoms. The molecule has 144 valence electrons. The minimum Gasteiger partial charge on any atom is -0.330 e. The van der Waals surface area contributed by atoms with Gasteiger partial charge >= 0.3 is 5.97 Å². The van der Waals surface area contributed by atoms with E-state index in [4.69, 9.17) is 4.84 Å². The SMILES string of the molecule is CC(CC(C)(C(C)C(C)C)C(C)C(C)C)C(=O)ON1C(=O)CCC1=O. The number of hydrogen-bond acceptors (Lipinski definition) is 4. The molecule has 1 aliphatic heterocycles. The van der Waals surface area contributed by atoms with Crippen LogP contribution in [0.25, 0.3) is 0 Å². The first-order chi connectivity index (χ1) is 11.4. The summed E-state index contributed by atoms with van der Waals surface area (Å²) in [7, 11) is 0. The molecule has 1 aliphatic rings. The Morgan fingerprint density at radius 1 is 0.960 bits per heavy atom. The molecule has 0 aromatic carbocycles. The number of imide groups is 1. The molecule has 3 atom stereocenters. The predicted octanol–water partition coefficient (Wildman–Crippen LogP) is 4.21. The van der Waals surface area contributed by atoms with Crippen molar-refractivity contribution in [3.05, 3.63) is 0 Å². The zero-order valence-corrected chi connectivity index (χ0v) is 17.1. The van der Waals surface area contributed by atoms with Gasteiger partial charge in [-0.25, -0.2) is 4.79 Å². The smallest absolute Gasteiger partial charge is 0.330 e. The summed E-state index contributed by atoms with van der Waals surface area (Å²) < 4.78 is 0. The Kier molecular flexibility index (Phi) is 7.21. The van der Waals surface area contributed by atoms with Crippen molar-refractivity contribution in [3.63, 3.8) is 0 Å². The van der Waals surface area contributed by atoms with Gasteiger partial charge in [-0.05, 0) is 35.5 Å². The molecule has 5 nitrogen and oxygen atoms in total. The number of carbonyl (C=O) groups excluding carboxylic acids is 3. The van der Waals surface area contributed by atoms with Gasteiger partial charge in [0.25, 0.3) is 11.8 Å². The summed E-state index contributed by atoms with van der Waals surface area (Å²) in [5, 5.41) is 0.647. The number of rotatable bonds is 8. The van der Waals surface area contributed by atoms with Crippen molar-refractivity contribution in [1.82, 2.24) is 5.06 Å². The molecule has 0 aromatic heterocycles. The van der Waals surface area contributed by atoms with E-state index in [0.29, 0.717) is 35.2 Å². The van der Waals surface area contributed by atoms with Crippen LogP contribution < -0.4 is 0 Å². The quantitative estimate of drug-likeness (QED) is 0.613. The van der Waals surface area contributed by atoms with Crippen molar-refractivity contribution < 1.29 is 19.2 Å². The molecule has 1 heterocycles. The van der Waals surface area contributed by atoms with Gasteiger partial charge in [0.2, 0.25) is 0 Å². The Bertz CT molecular complexity index is 482. The lowest BCUT2D eigenvalue weighted by atomic mass is 9.59. The van der Waals surface area contributed by atoms with Gasteiger partial charge in [-0.3, -0.25) is 9.59 Å². The third-order valence-corrected chi connectivity index (χ3v) is 6.42.